The average Bonchev–Trinajstić information content (AvgIpc) is 3.00. The van der Waals surface area contributed by atoms with Crippen molar-refractivity contribution in [3.8, 4) is 0 Å². The minimum absolute atomic E-state index is 0.0564. The Morgan fingerprint density at radius 1 is 1.40 bits per heavy atom. The third-order valence-electron chi connectivity index (χ3n) is 4.11. The summed E-state index contributed by atoms with van der Waals surface area (Å²) >= 11 is 6.29. The third kappa shape index (κ3) is 4.01. The summed E-state index contributed by atoms with van der Waals surface area (Å²) in [7, 11) is -3.08. The second-order valence-electron chi connectivity index (χ2n) is 6.11. The highest BCUT2D eigenvalue weighted by Gasteiger charge is 2.30. The molecule has 134 valence electrons. The lowest BCUT2D eigenvalue weighted by Gasteiger charge is -2.10. The van der Waals surface area contributed by atoms with Crippen LogP contribution in [0.3, 0.4) is 0 Å². The van der Waals surface area contributed by atoms with E-state index >= 15 is 0 Å². The van der Waals surface area contributed by atoms with Crippen LogP contribution in [-0.4, -0.2) is 41.7 Å². The first-order valence-electron chi connectivity index (χ1n) is 7.74. The monoisotopic (exact) mass is 385 g/mol. The van der Waals surface area contributed by atoms with Gasteiger partial charge >= 0.3 is 0 Å². The van der Waals surface area contributed by atoms with Gasteiger partial charge < -0.3 is 5.32 Å². The highest BCUT2D eigenvalue weighted by molar-refractivity contribution is 7.91. The summed E-state index contributed by atoms with van der Waals surface area (Å²) in [4.78, 5) is 12.5. The van der Waals surface area contributed by atoms with Crippen LogP contribution in [0.25, 0.3) is 0 Å². The first-order valence-corrected chi connectivity index (χ1v) is 9.94. The van der Waals surface area contributed by atoms with Crippen LogP contribution in [0.4, 0.5) is 4.39 Å². The summed E-state index contributed by atoms with van der Waals surface area (Å²) in [6, 6.07) is 5.51. The van der Waals surface area contributed by atoms with E-state index in [9.17, 15) is 17.6 Å². The third-order valence-corrected chi connectivity index (χ3v) is 6.26. The number of amides is 1. The normalized spacial score (nSPS) is 19.1. The standard InChI is InChI=1S/C16H17ClFN3O3S/c1-10-14(16(22)19-13-6-7-25(23,24)9-13)15(17)21(20-10)8-11-2-4-12(18)5-3-11/h2-5,13H,6-9H2,1H3,(H,19,22)/t13-/m1/s1. The van der Waals surface area contributed by atoms with Gasteiger partial charge in [-0.25, -0.2) is 17.5 Å². The summed E-state index contributed by atoms with van der Waals surface area (Å²) in [6.45, 7) is 1.96. The Kier molecular flexibility index (Phi) is 4.83. The van der Waals surface area contributed by atoms with Crippen LogP contribution in [0.15, 0.2) is 24.3 Å². The predicted molar refractivity (Wildman–Crippen MR) is 92.0 cm³/mol. The van der Waals surface area contributed by atoms with Gasteiger partial charge in [0.25, 0.3) is 5.91 Å². The van der Waals surface area contributed by atoms with E-state index in [1.54, 1.807) is 19.1 Å². The summed E-state index contributed by atoms with van der Waals surface area (Å²) in [6.07, 6.45) is 0.397. The number of nitrogens with zero attached hydrogens (tertiary/aromatic N) is 2. The molecule has 1 aliphatic rings. The Labute approximate surface area is 149 Å². The van der Waals surface area contributed by atoms with E-state index in [4.69, 9.17) is 11.6 Å². The predicted octanol–water partition coefficient (Wildman–Crippen LogP) is 1.95. The first-order chi connectivity index (χ1) is 11.7. The van der Waals surface area contributed by atoms with E-state index in [0.717, 1.165) is 5.56 Å². The molecule has 0 saturated carbocycles. The molecule has 0 aliphatic carbocycles. The molecule has 1 amide bonds. The molecule has 3 rings (SSSR count). The Balaban J connectivity index is 1.77. The molecule has 1 atom stereocenters. The molecular formula is C16H17ClFN3O3S. The van der Waals surface area contributed by atoms with E-state index < -0.39 is 21.8 Å². The minimum Gasteiger partial charge on any atom is -0.348 e. The van der Waals surface area contributed by atoms with Crippen LogP contribution in [0.2, 0.25) is 5.15 Å². The largest absolute Gasteiger partial charge is 0.348 e. The highest BCUT2D eigenvalue weighted by Crippen LogP contribution is 2.22. The van der Waals surface area contributed by atoms with Crippen molar-refractivity contribution in [1.82, 2.24) is 15.1 Å². The quantitative estimate of drug-likeness (QED) is 0.872. The molecule has 6 nitrogen and oxygen atoms in total. The number of aryl methyl sites for hydroxylation is 1. The van der Waals surface area contributed by atoms with Crippen molar-refractivity contribution in [2.24, 2.45) is 0 Å². The van der Waals surface area contributed by atoms with Crippen molar-refractivity contribution in [2.45, 2.75) is 25.9 Å². The van der Waals surface area contributed by atoms with Crippen LogP contribution in [-0.2, 0) is 16.4 Å². The molecule has 1 aromatic carbocycles. The fourth-order valence-electron chi connectivity index (χ4n) is 2.85. The zero-order chi connectivity index (χ0) is 18.2. The molecular weight excluding hydrogens is 369 g/mol. The fourth-order valence-corrected chi connectivity index (χ4v) is 4.84. The molecule has 0 unspecified atom stereocenters. The van der Waals surface area contributed by atoms with Crippen LogP contribution in [0, 0.1) is 12.7 Å². The Morgan fingerprint density at radius 2 is 2.08 bits per heavy atom. The number of sulfone groups is 1. The number of nitrogens with one attached hydrogen (secondary N) is 1. The molecule has 2 aromatic rings. The number of carbonyl (C=O) groups is 1. The number of carbonyl (C=O) groups excluding carboxylic acids is 1. The van der Waals surface area contributed by atoms with Crippen LogP contribution in [0.1, 0.15) is 28.0 Å². The van der Waals surface area contributed by atoms with Crippen molar-refractivity contribution >= 4 is 27.3 Å². The van der Waals surface area contributed by atoms with Gasteiger partial charge in [0.1, 0.15) is 11.0 Å². The van der Waals surface area contributed by atoms with Gasteiger partial charge in [-0.1, -0.05) is 23.7 Å². The van der Waals surface area contributed by atoms with E-state index in [1.807, 2.05) is 0 Å². The first kappa shape index (κ1) is 17.9. The second-order valence-corrected chi connectivity index (χ2v) is 8.70. The average molecular weight is 386 g/mol. The number of hydrogen-bond donors (Lipinski definition) is 1. The molecule has 0 spiro atoms. The lowest BCUT2D eigenvalue weighted by Crippen LogP contribution is -2.35. The number of halogens is 2. The molecule has 9 heteroatoms. The molecule has 25 heavy (non-hydrogen) atoms. The molecule has 1 aliphatic heterocycles. The van der Waals surface area contributed by atoms with Crippen molar-refractivity contribution in [2.75, 3.05) is 11.5 Å². The van der Waals surface area contributed by atoms with Crippen LogP contribution >= 0.6 is 11.6 Å². The van der Waals surface area contributed by atoms with Gasteiger partial charge in [-0.15, -0.1) is 0 Å². The summed E-state index contributed by atoms with van der Waals surface area (Å²) in [5, 5.41) is 7.14. The van der Waals surface area contributed by atoms with Gasteiger partial charge in [-0.05, 0) is 31.0 Å². The number of aromatic nitrogens is 2. The lowest BCUT2D eigenvalue weighted by atomic mass is 10.2. The highest BCUT2D eigenvalue weighted by atomic mass is 35.5. The van der Waals surface area contributed by atoms with Crippen LogP contribution < -0.4 is 5.32 Å². The van der Waals surface area contributed by atoms with E-state index in [0.29, 0.717) is 18.7 Å². The molecule has 1 fully saturated rings. The minimum atomic E-state index is -3.08. The molecule has 0 bridgehead atoms. The number of benzene rings is 1. The van der Waals surface area contributed by atoms with Gasteiger partial charge in [0.05, 0.1) is 29.3 Å². The fraction of sp³-hybridized carbons (Fsp3) is 0.375. The Morgan fingerprint density at radius 3 is 2.68 bits per heavy atom. The second kappa shape index (κ2) is 6.76. The number of hydrogen-bond acceptors (Lipinski definition) is 4. The molecule has 0 radical (unpaired) electrons. The zero-order valence-electron chi connectivity index (χ0n) is 13.5. The number of rotatable bonds is 4. The van der Waals surface area contributed by atoms with Gasteiger partial charge in [0.15, 0.2) is 9.84 Å². The van der Waals surface area contributed by atoms with Gasteiger partial charge in [0, 0.05) is 6.04 Å². The van der Waals surface area contributed by atoms with Gasteiger partial charge in [0.2, 0.25) is 0 Å². The Bertz CT molecular complexity index is 909. The van der Waals surface area contributed by atoms with Crippen molar-refractivity contribution in [1.29, 1.82) is 0 Å². The molecule has 1 saturated heterocycles. The molecule has 1 aromatic heterocycles. The van der Waals surface area contributed by atoms with Crippen LogP contribution in [0.5, 0.6) is 0 Å². The van der Waals surface area contributed by atoms with Gasteiger partial charge in [-0.3, -0.25) is 4.79 Å². The summed E-state index contributed by atoms with van der Waals surface area (Å²) in [5.41, 5.74) is 1.47. The van der Waals surface area contributed by atoms with Gasteiger partial charge in [-0.2, -0.15) is 5.10 Å². The topological polar surface area (TPSA) is 81.1 Å². The van der Waals surface area contributed by atoms with E-state index in [-0.39, 0.29) is 28.0 Å². The van der Waals surface area contributed by atoms with Crippen molar-refractivity contribution in [3.63, 3.8) is 0 Å². The molecule has 2 heterocycles. The maximum Gasteiger partial charge on any atom is 0.256 e. The maximum atomic E-state index is 13.0. The molecule has 1 N–H and O–H groups in total. The smallest absolute Gasteiger partial charge is 0.256 e. The maximum absolute atomic E-state index is 13.0. The van der Waals surface area contributed by atoms with E-state index in [1.165, 1.54) is 16.8 Å². The lowest BCUT2D eigenvalue weighted by molar-refractivity contribution is 0.0940. The van der Waals surface area contributed by atoms with Crippen molar-refractivity contribution in [3.05, 3.63) is 52.1 Å². The summed E-state index contributed by atoms with van der Waals surface area (Å²) < 4.78 is 37.5. The van der Waals surface area contributed by atoms with E-state index in [2.05, 4.69) is 10.4 Å². The zero-order valence-corrected chi connectivity index (χ0v) is 15.1. The Hall–Kier alpha value is -1.93. The summed E-state index contributed by atoms with van der Waals surface area (Å²) in [5.74, 6) is -0.749. The van der Waals surface area contributed by atoms with Crippen molar-refractivity contribution < 1.29 is 17.6 Å². The SMILES string of the molecule is Cc1nn(Cc2ccc(F)cc2)c(Cl)c1C(=O)N[C@@H]1CCS(=O)(=O)C1.